The fraction of sp³-hybridized carbons (Fsp3) is 0.135. The topological polar surface area (TPSA) is 370 Å². The van der Waals surface area contributed by atoms with Crippen LogP contribution in [-0.4, -0.2) is 94.9 Å². The SMILES string of the molecule is CC1(C)\C(=C/C=C(/C=C/C2N(c3cccc(S(=O)(=O)O)c3)c3cc(S(=O)(=O)O)c4cc(S(=O)(=O)O)ccc4c3C2(C)C)c2ccc(C(=O)O)cc2)N(c2cccc(S(=O)(=O)O)c2)c2cc(S(=O)(=O)O)c3cc(S(=O)(=O)O)ccc3c21. The molecule has 0 spiro atoms. The Bertz CT molecular complexity index is 4690. The van der Waals surface area contributed by atoms with Crippen molar-refractivity contribution in [3.05, 3.63) is 174 Å². The maximum atomic E-state index is 13.2. The van der Waals surface area contributed by atoms with Gasteiger partial charge in [0, 0.05) is 44.4 Å². The summed E-state index contributed by atoms with van der Waals surface area (Å²) in [5.74, 6) is -1.28. The molecule has 418 valence electrons. The third kappa shape index (κ3) is 10.3. The third-order valence-electron chi connectivity index (χ3n) is 14.0. The molecule has 9 rings (SSSR count). The number of carboxylic acids is 1. The summed E-state index contributed by atoms with van der Waals surface area (Å²) in [6.45, 7) is 6.79. The largest absolute Gasteiger partial charge is 0.478 e. The summed E-state index contributed by atoms with van der Waals surface area (Å²) in [5, 5.41) is 9.34. The molecule has 1 unspecified atom stereocenters. The van der Waals surface area contributed by atoms with Crippen LogP contribution in [0.3, 0.4) is 0 Å². The van der Waals surface area contributed by atoms with E-state index in [4.69, 9.17) is 0 Å². The second kappa shape index (κ2) is 19.2. The molecule has 7 aromatic carbocycles. The Morgan fingerprint density at radius 1 is 0.487 bits per heavy atom. The minimum absolute atomic E-state index is 0.0122. The fourth-order valence-corrected chi connectivity index (χ4v) is 14.0. The molecule has 0 fully saturated rings. The van der Waals surface area contributed by atoms with Crippen molar-refractivity contribution in [1.82, 2.24) is 0 Å². The van der Waals surface area contributed by atoms with Crippen molar-refractivity contribution in [1.29, 1.82) is 0 Å². The molecule has 7 aromatic rings. The van der Waals surface area contributed by atoms with E-state index < -0.39 is 113 Å². The Hall–Kier alpha value is -7.19. The number of allylic oxidation sites excluding steroid dienone is 5. The maximum absolute atomic E-state index is 13.2. The van der Waals surface area contributed by atoms with E-state index in [1.54, 1.807) is 39.8 Å². The van der Waals surface area contributed by atoms with Crippen LogP contribution in [0, 0.1) is 0 Å². The van der Waals surface area contributed by atoms with Crippen molar-refractivity contribution in [3.8, 4) is 0 Å². The molecule has 7 N–H and O–H groups in total. The predicted octanol–water partition coefficient (Wildman–Crippen LogP) is 8.62. The highest BCUT2D eigenvalue weighted by Gasteiger charge is 2.47. The standard InChI is InChI=1S/C52H44N2O20S6/c1-51(2)46(53(32-7-5-9-34(23-32)75(57,58)59)42-27-44(79(69,70)71)40-25-36(77(63,64)65)17-19-38(40)48(42)51)21-15-30(29-11-13-31(14-12-29)50(55)56)16-22-47-52(3,4)49-39-20-18-37(78(66,67)68)26-41(39)45(80(72,73)74)28-43(49)54(47)33-8-6-10-35(24-33)76(60,61)62/h5-28,46H,1-4H3,(H,55,56)(H,57,58,59)(H,60,61,62)(H,63,64,65)(H,66,67,68)(H,69,70,71)(H,72,73,74)/b21-15+,30-16-,47-22+. The number of benzene rings is 7. The molecule has 0 aliphatic carbocycles. The summed E-state index contributed by atoms with van der Waals surface area (Å²) in [4.78, 5) is 10.8. The van der Waals surface area contributed by atoms with Gasteiger partial charge in [-0.25, -0.2) is 4.79 Å². The highest BCUT2D eigenvalue weighted by atomic mass is 32.2. The van der Waals surface area contributed by atoms with Crippen LogP contribution >= 0.6 is 0 Å². The van der Waals surface area contributed by atoms with Crippen LogP contribution in [0.25, 0.3) is 27.1 Å². The van der Waals surface area contributed by atoms with E-state index in [-0.39, 0.29) is 66.7 Å². The quantitative estimate of drug-likeness (QED) is 0.0419. The van der Waals surface area contributed by atoms with Gasteiger partial charge in [-0.3, -0.25) is 27.3 Å². The van der Waals surface area contributed by atoms with Crippen molar-refractivity contribution in [2.45, 2.75) is 73.9 Å². The Labute approximate surface area is 458 Å². The number of nitrogens with zero attached hydrogens (tertiary/aromatic N) is 2. The molecule has 0 radical (unpaired) electrons. The Morgan fingerprint density at radius 2 is 0.925 bits per heavy atom. The van der Waals surface area contributed by atoms with Gasteiger partial charge in [-0.2, -0.15) is 50.5 Å². The van der Waals surface area contributed by atoms with Gasteiger partial charge in [0.1, 0.15) is 9.79 Å². The average molecular weight is 1210 g/mol. The molecule has 80 heavy (non-hydrogen) atoms. The molecular weight excluding hydrogens is 1160 g/mol. The van der Waals surface area contributed by atoms with Gasteiger partial charge in [0.15, 0.2) is 0 Å². The van der Waals surface area contributed by atoms with Crippen LogP contribution in [0.2, 0.25) is 0 Å². The monoisotopic (exact) mass is 1210 g/mol. The number of anilines is 4. The molecule has 22 nitrogen and oxygen atoms in total. The molecule has 2 aliphatic heterocycles. The highest BCUT2D eigenvalue weighted by Crippen LogP contribution is 2.57. The molecular formula is C52H44N2O20S6. The zero-order chi connectivity index (χ0) is 58.8. The first-order chi connectivity index (χ1) is 36.8. The van der Waals surface area contributed by atoms with Gasteiger partial charge < -0.3 is 14.9 Å². The summed E-state index contributed by atoms with van der Waals surface area (Å²) in [7, 11) is -30.1. The fourth-order valence-electron chi connectivity index (χ4n) is 10.5. The smallest absolute Gasteiger partial charge is 0.335 e. The van der Waals surface area contributed by atoms with Crippen molar-refractivity contribution in [3.63, 3.8) is 0 Å². The van der Waals surface area contributed by atoms with Gasteiger partial charge in [-0.05, 0) is 124 Å². The Morgan fingerprint density at radius 3 is 1.40 bits per heavy atom. The number of aromatic carboxylic acids is 1. The summed E-state index contributed by atoms with van der Waals surface area (Å²) in [6.07, 6.45) is 6.26. The summed E-state index contributed by atoms with van der Waals surface area (Å²) >= 11 is 0. The molecule has 2 aliphatic rings. The van der Waals surface area contributed by atoms with Gasteiger partial charge >= 0.3 is 5.97 Å². The van der Waals surface area contributed by atoms with E-state index in [0.717, 1.165) is 60.7 Å². The number of rotatable bonds is 13. The maximum Gasteiger partial charge on any atom is 0.335 e. The molecule has 0 bridgehead atoms. The van der Waals surface area contributed by atoms with Crippen molar-refractivity contribution >= 4 is 117 Å². The summed E-state index contributed by atoms with van der Waals surface area (Å²) < 4.78 is 214. The first-order valence-corrected chi connectivity index (χ1v) is 31.8. The van der Waals surface area contributed by atoms with Crippen LogP contribution < -0.4 is 9.80 Å². The lowest BCUT2D eigenvalue weighted by Crippen LogP contribution is -2.37. The number of hydrogen-bond acceptors (Lipinski definition) is 15. The Kier molecular flexibility index (Phi) is 13.8. The highest BCUT2D eigenvalue weighted by molar-refractivity contribution is 7.87. The average Bonchev–Trinajstić information content (AvgIpc) is 3.88. The second-order valence-electron chi connectivity index (χ2n) is 19.7. The van der Waals surface area contributed by atoms with Crippen LogP contribution in [0.1, 0.15) is 54.7 Å². The van der Waals surface area contributed by atoms with E-state index in [1.165, 1.54) is 82.6 Å². The molecule has 1 atom stereocenters. The second-order valence-corrected chi connectivity index (χ2v) is 28.2. The van der Waals surface area contributed by atoms with Gasteiger partial charge in [0.2, 0.25) is 0 Å². The van der Waals surface area contributed by atoms with E-state index >= 15 is 0 Å². The minimum Gasteiger partial charge on any atom is -0.478 e. The number of hydrogen-bond donors (Lipinski definition) is 7. The lowest BCUT2D eigenvalue weighted by atomic mass is 9.78. The number of carbonyl (C=O) groups is 1. The third-order valence-corrected chi connectivity index (χ3v) is 19.2. The minimum atomic E-state index is -5.23. The number of fused-ring (bicyclic) bond motifs is 6. The molecule has 0 saturated heterocycles. The van der Waals surface area contributed by atoms with Gasteiger partial charge in [-0.15, -0.1) is 0 Å². The molecule has 0 amide bonds. The molecule has 28 heteroatoms. The van der Waals surface area contributed by atoms with Crippen LogP contribution in [0.5, 0.6) is 0 Å². The zero-order valence-electron chi connectivity index (χ0n) is 41.7. The van der Waals surface area contributed by atoms with Gasteiger partial charge in [0.05, 0.1) is 36.9 Å². The number of carboxylic acid groups (broad SMARTS) is 1. The normalized spacial score (nSPS) is 17.4. The summed E-state index contributed by atoms with van der Waals surface area (Å²) in [5.41, 5.74) is -1.17. The van der Waals surface area contributed by atoms with Crippen LogP contribution in [-0.2, 0) is 71.5 Å². The van der Waals surface area contributed by atoms with Crippen LogP contribution in [0.4, 0.5) is 22.7 Å². The van der Waals surface area contributed by atoms with E-state index in [9.17, 15) is 87.7 Å². The first-order valence-electron chi connectivity index (χ1n) is 23.1. The van der Waals surface area contributed by atoms with Crippen molar-refractivity contribution < 1.29 is 87.7 Å². The van der Waals surface area contributed by atoms with Crippen molar-refractivity contribution in [2.75, 3.05) is 9.80 Å². The summed E-state index contributed by atoms with van der Waals surface area (Å²) in [6, 6.07) is 22.5. The molecule has 2 heterocycles. The zero-order valence-corrected chi connectivity index (χ0v) is 46.6. The van der Waals surface area contributed by atoms with Gasteiger partial charge in [0.25, 0.3) is 60.7 Å². The van der Waals surface area contributed by atoms with Crippen molar-refractivity contribution in [2.24, 2.45) is 0 Å². The van der Waals surface area contributed by atoms with E-state index in [1.807, 2.05) is 0 Å². The Balaban J connectivity index is 1.34. The molecule has 0 saturated carbocycles. The predicted molar refractivity (Wildman–Crippen MR) is 292 cm³/mol. The van der Waals surface area contributed by atoms with Gasteiger partial charge in [-0.1, -0.05) is 82.3 Å². The van der Waals surface area contributed by atoms with E-state index in [0.29, 0.717) is 11.1 Å². The lowest BCUT2D eigenvalue weighted by Gasteiger charge is -2.33. The molecule has 0 aromatic heterocycles. The first kappa shape index (κ1) is 57.5. The lowest BCUT2D eigenvalue weighted by molar-refractivity contribution is 0.0696. The van der Waals surface area contributed by atoms with Crippen LogP contribution in [0.15, 0.2) is 181 Å². The van der Waals surface area contributed by atoms with E-state index in [2.05, 4.69) is 0 Å².